The summed E-state index contributed by atoms with van der Waals surface area (Å²) in [5.74, 6) is 0.834. The van der Waals surface area contributed by atoms with E-state index in [4.69, 9.17) is 9.47 Å². The highest BCUT2D eigenvalue weighted by atomic mass is 16.5. The maximum atomic E-state index is 13.2. The minimum absolute atomic E-state index is 0.156. The van der Waals surface area contributed by atoms with Crippen molar-refractivity contribution in [3.8, 4) is 11.5 Å². The molecule has 5 heteroatoms. The molecule has 1 amide bonds. The van der Waals surface area contributed by atoms with Crippen LogP contribution in [-0.2, 0) is 4.79 Å². The van der Waals surface area contributed by atoms with Crippen LogP contribution in [0.2, 0.25) is 0 Å². The van der Waals surface area contributed by atoms with E-state index in [1.54, 1.807) is 67.8 Å². The Morgan fingerprint density at radius 1 is 0.821 bits per heavy atom. The molecular formula is C23H19NO4. The van der Waals surface area contributed by atoms with Gasteiger partial charge in [-0.15, -0.1) is 0 Å². The highest BCUT2D eigenvalue weighted by molar-refractivity contribution is 6.18. The number of ketones is 1. The first-order valence-corrected chi connectivity index (χ1v) is 8.97. The van der Waals surface area contributed by atoms with Crippen molar-refractivity contribution in [2.45, 2.75) is 12.1 Å². The maximum absolute atomic E-state index is 13.2. The topological polar surface area (TPSA) is 55.8 Å². The van der Waals surface area contributed by atoms with Crippen molar-refractivity contribution in [3.05, 3.63) is 90.5 Å². The predicted octanol–water partition coefficient (Wildman–Crippen LogP) is 3.74. The number of benzene rings is 3. The fraction of sp³-hybridized carbons (Fsp3) is 0.130. The lowest BCUT2D eigenvalue weighted by molar-refractivity contribution is -0.133. The van der Waals surface area contributed by atoms with Gasteiger partial charge in [0, 0.05) is 11.3 Å². The summed E-state index contributed by atoms with van der Waals surface area (Å²) in [5, 5.41) is 0. The molecule has 1 heterocycles. The van der Waals surface area contributed by atoms with Crippen LogP contribution in [0.15, 0.2) is 84.9 Å². The Kier molecular flexibility index (Phi) is 4.81. The smallest absolute Gasteiger partial charge is 0.271 e. The van der Waals surface area contributed by atoms with Crippen molar-refractivity contribution in [2.75, 3.05) is 12.0 Å². The van der Waals surface area contributed by atoms with Gasteiger partial charge in [0.1, 0.15) is 17.5 Å². The van der Waals surface area contributed by atoms with Gasteiger partial charge in [0.05, 0.1) is 7.11 Å². The second kappa shape index (κ2) is 7.56. The normalized spacial score (nSPS) is 18.3. The van der Waals surface area contributed by atoms with E-state index < -0.39 is 12.1 Å². The summed E-state index contributed by atoms with van der Waals surface area (Å²) >= 11 is 0. The zero-order valence-electron chi connectivity index (χ0n) is 15.3. The van der Waals surface area contributed by atoms with Crippen LogP contribution >= 0.6 is 0 Å². The van der Waals surface area contributed by atoms with E-state index in [2.05, 4.69) is 0 Å². The van der Waals surface area contributed by atoms with E-state index in [1.165, 1.54) is 4.90 Å². The third kappa shape index (κ3) is 3.22. The standard InChI is InChI=1S/C23H19NO4/c1-27-18-14-12-17(13-15-18)24-20(21(25)16-8-4-2-5-9-16)22(23(24)26)28-19-10-6-3-7-11-19/h2-15,20,22H,1H3/t20-,22+/m1/s1. The molecule has 2 atom stereocenters. The molecule has 0 spiro atoms. The molecule has 1 aliphatic heterocycles. The molecule has 0 N–H and O–H groups in total. The summed E-state index contributed by atoms with van der Waals surface area (Å²) in [6.07, 6.45) is -0.864. The second-order valence-electron chi connectivity index (χ2n) is 6.43. The molecular weight excluding hydrogens is 354 g/mol. The Bertz CT molecular complexity index is 971. The fourth-order valence-electron chi connectivity index (χ4n) is 3.28. The van der Waals surface area contributed by atoms with Gasteiger partial charge in [0.2, 0.25) is 6.10 Å². The second-order valence-corrected chi connectivity index (χ2v) is 6.43. The summed E-state index contributed by atoms with van der Waals surface area (Å²) in [7, 11) is 1.58. The van der Waals surface area contributed by atoms with E-state index >= 15 is 0 Å². The number of para-hydroxylation sites is 1. The maximum Gasteiger partial charge on any atom is 0.271 e. The van der Waals surface area contributed by atoms with Crippen LogP contribution in [-0.4, -0.2) is 30.9 Å². The number of nitrogens with zero attached hydrogens (tertiary/aromatic N) is 1. The number of rotatable bonds is 6. The lowest BCUT2D eigenvalue weighted by Gasteiger charge is -2.45. The number of methoxy groups -OCH3 is 1. The minimum atomic E-state index is -0.864. The number of β-lactam (4-membered cyclic amide) rings is 1. The van der Waals surface area contributed by atoms with Gasteiger partial charge in [0.25, 0.3) is 5.91 Å². The summed E-state index contributed by atoms with van der Waals surface area (Å²) in [5.41, 5.74) is 1.17. The van der Waals surface area contributed by atoms with Crippen LogP contribution in [0.4, 0.5) is 5.69 Å². The van der Waals surface area contributed by atoms with Crippen molar-refractivity contribution in [1.82, 2.24) is 0 Å². The number of amides is 1. The SMILES string of the molecule is COc1ccc(N2C(=O)[C@@H](Oc3ccccc3)[C@H]2C(=O)c2ccccc2)cc1. The van der Waals surface area contributed by atoms with Gasteiger partial charge in [-0.2, -0.15) is 0 Å². The van der Waals surface area contributed by atoms with Crippen LogP contribution in [0.3, 0.4) is 0 Å². The van der Waals surface area contributed by atoms with E-state index in [-0.39, 0.29) is 11.7 Å². The Labute approximate surface area is 163 Å². The predicted molar refractivity (Wildman–Crippen MR) is 106 cm³/mol. The van der Waals surface area contributed by atoms with Gasteiger partial charge in [-0.05, 0) is 36.4 Å². The van der Waals surface area contributed by atoms with Gasteiger partial charge in [-0.3, -0.25) is 14.5 Å². The van der Waals surface area contributed by atoms with E-state index in [1.807, 2.05) is 24.3 Å². The first kappa shape index (κ1) is 17.8. The molecule has 5 nitrogen and oxygen atoms in total. The molecule has 3 aromatic rings. The van der Waals surface area contributed by atoms with Crippen LogP contribution in [0, 0.1) is 0 Å². The van der Waals surface area contributed by atoms with Crippen molar-refractivity contribution < 1.29 is 19.1 Å². The first-order chi connectivity index (χ1) is 13.7. The Balaban J connectivity index is 1.66. The summed E-state index contributed by atoms with van der Waals surface area (Å²) in [6, 6.07) is 24.3. The number of hydrogen-bond donors (Lipinski definition) is 0. The largest absolute Gasteiger partial charge is 0.497 e. The van der Waals surface area contributed by atoms with Gasteiger partial charge in [-0.1, -0.05) is 48.5 Å². The average Bonchev–Trinajstić information content (AvgIpc) is 2.76. The number of Topliss-reactive ketones (excluding diaryl/α,β-unsaturated/α-hetero) is 1. The number of hydrogen-bond acceptors (Lipinski definition) is 4. The zero-order valence-corrected chi connectivity index (χ0v) is 15.3. The van der Waals surface area contributed by atoms with Gasteiger partial charge in [-0.25, -0.2) is 0 Å². The molecule has 0 aliphatic carbocycles. The summed E-state index contributed by atoms with van der Waals surface area (Å²) in [6.45, 7) is 0. The van der Waals surface area contributed by atoms with E-state index in [0.29, 0.717) is 22.7 Å². The summed E-state index contributed by atoms with van der Waals surface area (Å²) < 4.78 is 11.1. The average molecular weight is 373 g/mol. The molecule has 0 aromatic heterocycles. The molecule has 3 aromatic carbocycles. The Morgan fingerprint density at radius 3 is 2.04 bits per heavy atom. The molecule has 4 rings (SSSR count). The first-order valence-electron chi connectivity index (χ1n) is 8.97. The zero-order chi connectivity index (χ0) is 19.5. The summed E-state index contributed by atoms with van der Waals surface area (Å²) in [4.78, 5) is 27.6. The third-order valence-corrected chi connectivity index (χ3v) is 4.73. The van der Waals surface area contributed by atoms with Crippen molar-refractivity contribution >= 4 is 17.4 Å². The third-order valence-electron chi connectivity index (χ3n) is 4.73. The van der Waals surface area contributed by atoms with Crippen LogP contribution in [0.5, 0.6) is 11.5 Å². The number of carbonyl (C=O) groups excluding carboxylic acids is 2. The number of anilines is 1. The van der Waals surface area contributed by atoms with E-state index in [0.717, 1.165) is 0 Å². The highest BCUT2D eigenvalue weighted by Gasteiger charge is 2.54. The van der Waals surface area contributed by atoms with Crippen molar-refractivity contribution in [2.24, 2.45) is 0 Å². The molecule has 1 fully saturated rings. The van der Waals surface area contributed by atoms with Gasteiger partial charge in [0.15, 0.2) is 5.78 Å². The van der Waals surface area contributed by atoms with Crippen molar-refractivity contribution in [3.63, 3.8) is 0 Å². The quantitative estimate of drug-likeness (QED) is 0.488. The lowest BCUT2D eigenvalue weighted by atomic mass is 9.89. The minimum Gasteiger partial charge on any atom is -0.497 e. The van der Waals surface area contributed by atoms with Crippen LogP contribution < -0.4 is 14.4 Å². The highest BCUT2D eigenvalue weighted by Crippen LogP contribution is 2.34. The molecule has 0 saturated carbocycles. The molecule has 1 saturated heterocycles. The van der Waals surface area contributed by atoms with Crippen LogP contribution in [0.1, 0.15) is 10.4 Å². The fourth-order valence-corrected chi connectivity index (χ4v) is 3.28. The number of carbonyl (C=O) groups is 2. The molecule has 28 heavy (non-hydrogen) atoms. The molecule has 0 radical (unpaired) electrons. The van der Waals surface area contributed by atoms with Gasteiger partial charge >= 0.3 is 0 Å². The molecule has 0 bridgehead atoms. The lowest BCUT2D eigenvalue weighted by Crippen LogP contribution is -2.70. The molecule has 1 aliphatic rings. The Hall–Kier alpha value is -3.60. The monoisotopic (exact) mass is 373 g/mol. The number of ether oxygens (including phenoxy) is 2. The molecule has 0 unspecified atom stereocenters. The van der Waals surface area contributed by atoms with Crippen molar-refractivity contribution in [1.29, 1.82) is 0 Å². The molecule has 140 valence electrons. The van der Waals surface area contributed by atoms with Crippen LogP contribution in [0.25, 0.3) is 0 Å². The Morgan fingerprint density at radius 2 is 1.43 bits per heavy atom. The van der Waals surface area contributed by atoms with E-state index in [9.17, 15) is 9.59 Å². The van der Waals surface area contributed by atoms with Gasteiger partial charge < -0.3 is 9.47 Å².